The highest BCUT2D eigenvalue weighted by Crippen LogP contribution is 2.29. The molecule has 10 heteroatoms. The number of rotatable bonds is 5. The largest absolute Gasteiger partial charge is 0.378 e. The van der Waals surface area contributed by atoms with Crippen LogP contribution in [0.2, 0.25) is 0 Å². The first-order chi connectivity index (χ1) is 17.6. The number of ether oxygens (including phenoxy) is 1. The highest BCUT2D eigenvalue weighted by molar-refractivity contribution is 5.88. The Morgan fingerprint density at radius 3 is 2.61 bits per heavy atom. The lowest BCUT2D eigenvalue weighted by Gasteiger charge is -2.37. The summed E-state index contributed by atoms with van der Waals surface area (Å²) in [5.41, 5.74) is 11.3. The molecule has 2 saturated heterocycles. The van der Waals surface area contributed by atoms with Crippen LogP contribution in [0.25, 0.3) is 22.4 Å². The molecule has 0 bridgehead atoms. The molecule has 5 heterocycles. The molecule has 2 aliphatic rings. The summed E-state index contributed by atoms with van der Waals surface area (Å²) in [7, 11) is 0. The van der Waals surface area contributed by atoms with E-state index in [1.54, 1.807) is 6.33 Å². The van der Waals surface area contributed by atoms with Gasteiger partial charge in [0.1, 0.15) is 17.0 Å². The zero-order chi connectivity index (χ0) is 24.5. The average Bonchev–Trinajstić information content (AvgIpc) is 3.38. The second kappa shape index (κ2) is 9.71. The first-order valence-electron chi connectivity index (χ1n) is 12.5. The minimum atomic E-state index is 0.269. The summed E-state index contributed by atoms with van der Waals surface area (Å²) in [5, 5.41) is 3.35. The highest BCUT2D eigenvalue weighted by Gasteiger charge is 2.24. The summed E-state index contributed by atoms with van der Waals surface area (Å²) >= 11 is 0. The fourth-order valence-corrected chi connectivity index (χ4v) is 5.04. The number of fused-ring (bicyclic) bond motifs is 1. The predicted molar refractivity (Wildman–Crippen MR) is 142 cm³/mol. The summed E-state index contributed by atoms with van der Waals surface area (Å²) in [5.74, 6) is 1.47. The van der Waals surface area contributed by atoms with Crippen molar-refractivity contribution < 1.29 is 4.74 Å². The number of H-pyrrole nitrogens is 1. The molecule has 0 radical (unpaired) electrons. The van der Waals surface area contributed by atoms with Crippen molar-refractivity contribution in [3.8, 4) is 11.3 Å². The van der Waals surface area contributed by atoms with Crippen molar-refractivity contribution in [2.45, 2.75) is 31.8 Å². The highest BCUT2D eigenvalue weighted by atomic mass is 16.5. The number of hydrogen-bond donors (Lipinski definition) is 3. The first-order valence-corrected chi connectivity index (χ1v) is 12.5. The van der Waals surface area contributed by atoms with Crippen LogP contribution < -0.4 is 20.9 Å². The maximum Gasteiger partial charge on any atom is 0.229 e. The van der Waals surface area contributed by atoms with E-state index in [0.29, 0.717) is 17.6 Å². The molecule has 4 N–H and O–H groups in total. The summed E-state index contributed by atoms with van der Waals surface area (Å²) < 4.78 is 5.46. The van der Waals surface area contributed by atoms with Crippen molar-refractivity contribution in [1.29, 1.82) is 0 Å². The summed E-state index contributed by atoms with van der Waals surface area (Å²) in [4.78, 5) is 26.4. The van der Waals surface area contributed by atoms with Gasteiger partial charge >= 0.3 is 0 Å². The molecule has 36 heavy (non-hydrogen) atoms. The molecule has 2 atom stereocenters. The normalized spacial score (nSPS) is 20.6. The number of anilines is 4. The number of nitrogens with one attached hydrogen (secondary N) is 2. The minimum Gasteiger partial charge on any atom is -0.378 e. The second-order valence-electron chi connectivity index (χ2n) is 9.50. The first kappa shape index (κ1) is 22.7. The van der Waals surface area contributed by atoms with E-state index in [9.17, 15) is 0 Å². The van der Waals surface area contributed by atoms with E-state index < -0.39 is 0 Å². The molecule has 2 aliphatic heterocycles. The van der Waals surface area contributed by atoms with E-state index in [1.807, 2.05) is 18.3 Å². The predicted octanol–water partition coefficient (Wildman–Crippen LogP) is 3.31. The van der Waals surface area contributed by atoms with E-state index in [2.05, 4.69) is 61.3 Å². The lowest BCUT2D eigenvalue weighted by molar-refractivity contribution is 0.122. The molecular formula is C26H31N9O. The maximum absolute atomic E-state index is 6.14. The number of imidazole rings is 1. The molecule has 4 aromatic rings. The van der Waals surface area contributed by atoms with E-state index >= 15 is 0 Å². The minimum absolute atomic E-state index is 0.269. The van der Waals surface area contributed by atoms with Gasteiger partial charge < -0.3 is 30.6 Å². The molecule has 0 aliphatic carbocycles. The Balaban J connectivity index is 1.24. The number of hydrogen-bond acceptors (Lipinski definition) is 9. The number of aromatic nitrogens is 5. The van der Waals surface area contributed by atoms with Gasteiger partial charge in [-0.25, -0.2) is 15.0 Å². The van der Waals surface area contributed by atoms with Gasteiger partial charge in [-0.2, -0.15) is 4.98 Å². The third-order valence-electron chi connectivity index (χ3n) is 7.01. The molecule has 0 saturated carbocycles. The van der Waals surface area contributed by atoms with E-state index in [4.69, 9.17) is 20.4 Å². The Hall–Kier alpha value is -3.76. The summed E-state index contributed by atoms with van der Waals surface area (Å²) in [6, 6.07) is 13.1. The van der Waals surface area contributed by atoms with Crippen LogP contribution in [0.5, 0.6) is 0 Å². The molecule has 186 valence electrons. The van der Waals surface area contributed by atoms with Gasteiger partial charge in [-0.3, -0.25) is 0 Å². The van der Waals surface area contributed by atoms with Crippen LogP contribution in [0.3, 0.4) is 0 Å². The van der Waals surface area contributed by atoms with Crippen molar-refractivity contribution in [3.63, 3.8) is 0 Å². The van der Waals surface area contributed by atoms with Gasteiger partial charge in [-0.1, -0.05) is 0 Å². The maximum atomic E-state index is 6.14. The van der Waals surface area contributed by atoms with Crippen molar-refractivity contribution in [1.82, 2.24) is 24.9 Å². The Labute approximate surface area is 209 Å². The standard InChI is InChI=1S/C26H31N9O/c1-17-14-19(27)8-9-35(17)22-7-2-18(15-28-22)23-24-25(30-16-29-24)33-26(32-23)31-20-3-5-21(6-4-20)34-10-12-36-13-11-34/h2-7,15-17,19H,8-14,27H2,1H3,(H2,29,30,31,32,33). The van der Waals surface area contributed by atoms with Gasteiger partial charge in [0, 0.05) is 54.9 Å². The molecule has 3 aromatic heterocycles. The summed E-state index contributed by atoms with van der Waals surface area (Å²) in [6.07, 6.45) is 5.47. The van der Waals surface area contributed by atoms with Gasteiger partial charge in [0.15, 0.2) is 5.65 Å². The number of aromatic amines is 1. The van der Waals surface area contributed by atoms with Crippen LogP contribution >= 0.6 is 0 Å². The van der Waals surface area contributed by atoms with Crippen LogP contribution in [0, 0.1) is 0 Å². The average molecular weight is 486 g/mol. The number of morpholine rings is 1. The number of nitrogens with two attached hydrogens (primary N) is 1. The van der Waals surface area contributed by atoms with Gasteiger partial charge in [0.05, 0.1) is 19.5 Å². The number of pyridine rings is 1. The Morgan fingerprint density at radius 2 is 1.86 bits per heavy atom. The zero-order valence-corrected chi connectivity index (χ0v) is 20.4. The molecule has 2 unspecified atom stereocenters. The van der Waals surface area contributed by atoms with E-state index in [1.165, 1.54) is 5.69 Å². The topological polar surface area (TPSA) is 121 Å². The number of benzene rings is 1. The molecule has 0 spiro atoms. The van der Waals surface area contributed by atoms with Gasteiger partial charge in [-0.15, -0.1) is 0 Å². The van der Waals surface area contributed by atoms with Crippen molar-refractivity contribution >= 4 is 34.3 Å². The molecule has 10 nitrogen and oxygen atoms in total. The second-order valence-corrected chi connectivity index (χ2v) is 9.50. The quantitative estimate of drug-likeness (QED) is 0.391. The van der Waals surface area contributed by atoms with Crippen LogP contribution in [0.4, 0.5) is 23.1 Å². The lowest BCUT2D eigenvalue weighted by Crippen LogP contribution is -2.45. The molecule has 0 amide bonds. The van der Waals surface area contributed by atoms with E-state index in [-0.39, 0.29) is 6.04 Å². The van der Waals surface area contributed by atoms with Crippen LogP contribution in [-0.4, -0.2) is 69.9 Å². The third-order valence-corrected chi connectivity index (χ3v) is 7.01. The summed E-state index contributed by atoms with van der Waals surface area (Å²) in [6.45, 7) is 6.48. The monoisotopic (exact) mass is 485 g/mol. The van der Waals surface area contributed by atoms with Crippen molar-refractivity contribution in [3.05, 3.63) is 48.9 Å². The Bertz CT molecular complexity index is 1320. The van der Waals surface area contributed by atoms with Gasteiger partial charge in [0.2, 0.25) is 5.95 Å². The SMILES string of the molecule is CC1CC(N)CCN1c1ccc(-c2nc(Nc3ccc(N4CCOCC4)cc3)nc3[nH]cnc23)cn1. The van der Waals surface area contributed by atoms with Crippen molar-refractivity contribution in [2.24, 2.45) is 5.73 Å². The molecule has 1 aromatic carbocycles. The smallest absolute Gasteiger partial charge is 0.229 e. The zero-order valence-electron chi connectivity index (χ0n) is 20.4. The molecule has 2 fully saturated rings. The van der Waals surface area contributed by atoms with Crippen LogP contribution in [0.1, 0.15) is 19.8 Å². The van der Waals surface area contributed by atoms with Crippen molar-refractivity contribution in [2.75, 3.05) is 48.0 Å². The number of piperidine rings is 1. The Morgan fingerprint density at radius 1 is 1.03 bits per heavy atom. The lowest BCUT2D eigenvalue weighted by atomic mass is 9.99. The number of nitrogens with zero attached hydrogens (tertiary/aromatic N) is 6. The molecular weight excluding hydrogens is 454 g/mol. The van der Waals surface area contributed by atoms with E-state index in [0.717, 1.165) is 74.0 Å². The fourth-order valence-electron chi connectivity index (χ4n) is 5.04. The Kier molecular flexibility index (Phi) is 6.12. The van der Waals surface area contributed by atoms with Gasteiger partial charge in [-0.05, 0) is 56.2 Å². The third kappa shape index (κ3) is 4.57. The van der Waals surface area contributed by atoms with Crippen LogP contribution in [-0.2, 0) is 4.74 Å². The van der Waals surface area contributed by atoms with Crippen LogP contribution in [0.15, 0.2) is 48.9 Å². The molecule has 6 rings (SSSR count). The fraction of sp³-hybridized carbons (Fsp3) is 0.385. The van der Waals surface area contributed by atoms with Gasteiger partial charge in [0.25, 0.3) is 0 Å².